The highest BCUT2D eigenvalue weighted by Crippen LogP contribution is 2.22. The van der Waals surface area contributed by atoms with Gasteiger partial charge in [-0.25, -0.2) is 4.98 Å². The maximum atomic E-state index is 12.7. The number of nitrogens with one attached hydrogen (secondary N) is 1. The minimum Gasteiger partial charge on any atom is -0.366 e. The molecule has 2 aromatic heterocycles. The van der Waals surface area contributed by atoms with E-state index in [1.807, 2.05) is 0 Å². The Morgan fingerprint density at radius 1 is 1.43 bits per heavy atom. The van der Waals surface area contributed by atoms with Gasteiger partial charge in [-0.2, -0.15) is 5.10 Å². The molecule has 0 saturated carbocycles. The van der Waals surface area contributed by atoms with Crippen molar-refractivity contribution in [3.05, 3.63) is 28.7 Å². The third-order valence-corrected chi connectivity index (χ3v) is 3.92. The number of aryl methyl sites for hydroxylation is 3. The Labute approximate surface area is 134 Å². The van der Waals surface area contributed by atoms with Gasteiger partial charge in [-0.1, -0.05) is 12.1 Å². The van der Waals surface area contributed by atoms with Crippen LogP contribution in [0, 0.1) is 13.8 Å². The second kappa shape index (κ2) is 6.49. The topological polar surface area (TPSA) is 97.1 Å². The number of hydrogen-bond donors (Lipinski definition) is 1. The molecule has 8 heteroatoms. The molecule has 2 aromatic rings. The molecule has 1 saturated heterocycles. The molecular weight excluding hydrogens is 298 g/mol. The number of carbonyl (C=O) groups excluding carboxylic acids is 1. The van der Waals surface area contributed by atoms with E-state index in [4.69, 9.17) is 9.26 Å². The smallest absolute Gasteiger partial charge is 0.259 e. The number of hydrogen-bond acceptors (Lipinski definition) is 6. The van der Waals surface area contributed by atoms with Gasteiger partial charge in [0.1, 0.15) is 23.3 Å². The van der Waals surface area contributed by atoms with Crippen molar-refractivity contribution in [2.24, 2.45) is 0 Å². The minimum atomic E-state index is -0.310. The van der Waals surface area contributed by atoms with E-state index in [2.05, 4.69) is 27.3 Å². The zero-order valence-electron chi connectivity index (χ0n) is 13.6. The molecule has 1 aliphatic heterocycles. The van der Waals surface area contributed by atoms with Crippen molar-refractivity contribution in [1.82, 2.24) is 25.2 Å². The Morgan fingerprint density at radius 2 is 2.26 bits per heavy atom. The number of aromatic amines is 1. The van der Waals surface area contributed by atoms with E-state index < -0.39 is 0 Å². The fraction of sp³-hybridized carbons (Fsp3) is 0.600. The second-order valence-corrected chi connectivity index (χ2v) is 5.70. The van der Waals surface area contributed by atoms with E-state index in [1.54, 1.807) is 18.7 Å². The second-order valence-electron chi connectivity index (χ2n) is 5.70. The summed E-state index contributed by atoms with van der Waals surface area (Å²) in [6, 6.07) is 0. The summed E-state index contributed by atoms with van der Waals surface area (Å²) in [5.41, 5.74) is 1.14. The van der Waals surface area contributed by atoms with Gasteiger partial charge in [0.15, 0.2) is 5.82 Å². The summed E-state index contributed by atoms with van der Waals surface area (Å²) < 4.78 is 10.8. The lowest BCUT2D eigenvalue weighted by Crippen LogP contribution is -2.42. The van der Waals surface area contributed by atoms with Gasteiger partial charge < -0.3 is 14.2 Å². The number of nitrogens with zero attached hydrogens (tertiary/aromatic N) is 4. The van der Waals surface area contributed by atoms with E-state index in [0.717, 1.165) is 18.7 Å². The quantitative estimate of drug-likeness (QED) is 0.919. The van der Waals surface area contributed by atoms with Crippen LogP contribution in [0.4, 0.5) is 0 Å². The molecular formula is C15H21N5O3. The zero-order chi connectivity index (χ0) is 16.4. The SMILES string of the molecule is CCCc1nc([C@@H]2CN(C(=O)c3c(C)noc3C)CCO2)n[nH]1. The highest BCUT2D eigenvalue weighted by Gasteiger charge is 2.31. The molecule has 3 heterocycles. The first-order valence-electron chi connectivity index (χ1n) is 7.85. The summed E-state index contributed by atoms with van der Waals surface area (Å²) in [6.45, 7) is 7.02. The van der Waals surface area contributed by atoms with Crippen LogP contribution in [-0.2, 0) is 11.2 Å². The molecule has 0 unspecified atom stereocenters. The lowest BCUT2D eigenvalue weighted by Gasteiger charge is -2.31. The van der Waals surface area contributed by atoms with Crippen LogP contribution in [0.1, 0.15) is 52.9 Å². The number of H-pyrrole nitrogens is 1. The Hall–Kier alpha value is -2.22. The van der Waals surface area contributed by atoms with Crippen LogP contribution in [0.5, 0.6) is 0 Å². The average Bonchev–Trinajstić information content (AvgIpc) is 3.14. The first-order chi connectivity index (χ1) is 11.1. The first-order valence-corrected chi connectivity index (χ1v) is 7.85. The van der Waals surface area contributed by atoms with Crippen LogP contribution in [0.25, 0.3) is 0 Å². The lowest BCUT2D eigenvalue weighted by atomic mass is 10.1. The van der Waals surface area contributed by atoms with Gasteiger partial charge in [0.2, 0.25) is 0 Å². The number of carbonyl (C=O) groups is 1. The largest absolute Gasteiger partial charge is 0.366 e. The number of aromatic nitrogens is 4. The predicted molar refractivity (Wildman–Crippen MR) is 81.0 cm³/mol. The fourth-order valence-electron chi connectivity index (χ4n) is 2.74. The van der Waals surface area contributed by atoms with Crippen LogP contribution >= 0.6 is 0 Å². The third kappa shape index (κ3) is 3.12. The van der Waals surface area contributed by atoms with Gasteiger partial charge in [-0.15, -0.1) is 0 Å². The highest BCUT2D eigenvalue weighted by atomic mass is 16.5. The Morgan fingerprint density at radius 3 is 2.96 bits per heavy atom. The summed E-state index contributed by atoms with van der Waals surface area (Å²) in [4.78, 5) is 18.9. The highest BCUT2D eigenvalue weighted by molar-refractivity contribution is 5.96. The van der Waals surface area contributed by atoms with Gasteiger partial charge in [0.25, 0.3) is 5.91 Å². The molecule has 0 bridgehead atoms. The molecule has 1 fully saturated rings. The molecule has 1 amide bonds. The van der Waals surface area contributed by atoms with Crippen LogP contribution in [0.2, 0.25) is 0 Å². The number of morpholine rings is 1. The van der Waals surface area contributed by atoms with Crippen molar-refractivity contribution in [3.63, 3.8) is 0 Å². The van der Waals surface area contributed by atoms with Gasteiger partial charge >= 0.3 is 0 Å². The number of ether oxygens (including phenoxy) is 1. The van der Waals surface area contributed by atoms with E-state index in [9.17, 15) is 4.79 Å². The van der Waals surface area contributed by atoms with Crippen molar-refractivity contribution in [2.45, 2.75) is 39.7 Å². The number of amides is 1. The van der Waals surface area contributed by atoms with Crippen molar-refractivity contribution < 1.29 is 14.1 Å². The summed E-state index contributed by atoms with van der Waals surface area (Å²) in [5.74, 6) is 1.91. The van der Waals surface area contributed by atoms with Crippen LogP contribution < -0.4 is 0 Å². The van der Waals surface area contributed by atoms with E-state index in [-0.39, 0.29) is 12.0 Å². The molecule has 124 valence electrons. The first kappa shape index (κ1) is 15.7. The van der Waals surface area contributed by atoms with Crippen molar-refractivity contribution >= 4 is 5.91 Å². The molecule has 0 aromatic carbocycles. The van der Waals surface area contributed by atoms with Crippen molar-refractivity contribution in [3.8, 4) is 0 Å². The van der Waals surface area contributed by atoms with Crippen LogP contribution in [0.15, 0.2) is 4.52 Å². The summed E-state index contributed by atoms with van der Waals surface area (Å²) in [6.07, 6.45) is 1.54. The number of rotatable bonds is 4. The molecule has 23 heavy (non-hydrogen) atoms. The van der Waals surface area contributed by atoms with Gasteiger partial charge in [0, 0.05) is 13.0 Å². The molecule has 3 rings (SSSR count). The Bertz CT molecular complexity index is 674. The monoisotopic (exact) mass is 319 g/mol. The van der Waals surface area contributed by atoms with Gasteiger partial charge in [0.05, 0.1) is 18.8 Å². The van der Waals surface area contributed by atoms with E-state index in [1.165, 1.54) is 0 Å². The maximum Gasteiger partial charge on any atom is 0.259 e. The summed E-state index contributed by atoms with van der Waals surface area (Å²) >= 11 is 0. The predicted octanol–water partition coefficient (Wildman–Crippen LogP) is 1.58. The zero-order valence-corrected chi connectivity index (χ0v) is 13.6. The van der Waals surface area contributed by atoms with Gasteiger partial charge in [-0.05, 0) is 20.3 Å². The fourth-order valence-corrected chi connectivity index (χ4v) is 2.74. The van der Waals surface area contributed by atoms with E-state index >= 15 is 0 Å². The normalized spacial score (nSPS) is 18.4. The summed E-state index contributed by atoms with van der Waals surface area (Å²) in [5, 5.41) is 11.0. The molecule has 1 aliphatic rings. The Kier molecular flexibility index (Phi) is 4.42. The molecule has 0 spiro atoms. The van der Waals surface area contributed by atoms with Crippen molar-refractivity contribution in [1.29, 1.82) is 0 Å². The Balaban J connectivity index is 1.74. The molecule has 8 nitrogen and oxygen atoms in total. The van der Waals surface area contributed by atoms with Gasteiger partial charge in [-0.3, -0.25) is 9.89 Å². The third-order valence-electron chi connectivity index (χ3n) is 3.92. The maximum absolute atomic E-state index is 12.7. The van der Waals surface area contributed by atoms with Crippen molar-refractivity contribution in [2.75, 3.05) is 19.7 Å². The van der Waals surface area contributed by atoms with Crippen LogP contribution in [0.3, 0.4) is 0 Å². The van der Waals surface area contributed by atoms with Crippen LogP contribution in [-0.4, -0.2) is 50.8 Å². The average molecular weight is 319 g/mol. The minimum absolute atomic E-state index is 0.0844. The molecule has 1 atom stereocenters. The standard InChI is InChI=1S/C15H21N5O3/c1-4-5-12-16-14(18-17-12)11-8-20(6-7-22-11)15(21)13-9(2)19-23-10(13)3/h11H,4-8H2,1-3H3,(H,16,17,18)/t11-/m0/s1. The molecule has 0 aliphatic carbocycles. The molecule has 1 N–H and O–H groups in total. The summed E-state index contributed by atoms with van der Waals surface area (Å²) in [7, 11) is 0. The van der Waals surface area contributed by atoms with E-state index in [0.29, 0.717) is 42.5 Å². The molecule has 0 radical (unpaired) electrons. The lowest BCUT2D eigenvalue weighted by molar-refractivity contribution is -0.0267.